The smallest absolute Gasteiger partial charge is 0.422 e. The Balaban J connectivity index is 1.29. The number of carbonyl (C=O) groups is 2. The van der Waals surface area contributed by atoms with Crippen LogP contribution in [0, 0.1) is 23.9 Å². The Morgan fingerprint density at radius 3 is 1.55 bits per heavy atom. The second kappa shape index (κ2) is 9.73. The highest BCUT2D eigenvalue weighted by Gasteiger charge is 2.34. The van der Waals surface area contributed by atoms with Crippen LogP contribution < -0.4 is 0 Å². The van der Waals surface area contributed by atoms with Crippen LogP contribution in [0.5, 0.6) is 0 Å². The molecule has 2 fully saturated rings. The predicted octanol–water partition coefficient (Wildman–Crippen LogP) is 4.47. The predicted molar refractivity (Wildman–Crippen MR) is 114 cm³/mol. The van der Waals surface area contributed by atoms with Gasteiger partial charge in [0.1, 0.15) is 25.3 Å². The van der Waals surface area contributed by atoms with E-state index in [-0.39, 0.29) is 12.1 Å². The molecule has 0 bridgehead atoms. The number of benzene rings is 2. The molecule has 0 unspecified atom stereocenters. The minimum Gasteiger partial charge on any atom is -0.446 e. The van der Waals surface area contributed by atoms with E-state index in [4.69, 9.17) is 9.47 Å². The fourth-order valence-electron chi connectivity index (χ4n) is 3.48. The van der Waals surface area contributed by atoms with Crippen molar-refractivity contribution in [2.24, 2.45) is 0 Å². The van der Waals surface area contributed by atoms with Gasteiger partial charge < -0.3 is 9.47 Å². The molecule has 0 aliphatic carbocycles. The molecular formula is C25H22N2O4. The van der Waals surface area contributed by atoms with Crippen LogP contribution >= 0.6 is 0 Å². The first kappa shape index (κ1) is 20.4. The molecule has 0 N–H and O–H groups in total. The van der Waals surface area contributed by atoms with Crippen LogP contribution in [0.3, 0.4) is 0 Å². The summed E-state index contributed by atoms with van der Waals surface area (Å²) in [6.07, 6.45) is 1.08. The molecule has 6 nitrogen and oxygen atoms in total. The molecule has 156 valence electrons. The highest BCUT2D eigenvalue weighted by atomic mass is 16.6. The van der Waals surface area contributed by atoms with Gasteiger partial charge in [-0.05, 0) is 17.5 Å². The molecule has 0 radical (unpaired) electrons. The fraction of sp³-hybridized carbons (Fsp3) is 0.280. The van der Waals surface area contributed by atoms with Crippen molar-refractivity contribution in [3.8, 4) is 23.9 Å². The van der Waals surface area contributed by atoms with Gasteiger partial charge in [-0.3, -0.25) is 0 Å². The Labute approximate surface area is 181 Å². The molecule has 0 aromatic heterocycles. The highest BCUT2D eigenvalue weighted by molar-refractivity contribution is 5.73. The van der Waals surface area contributed by atoms with Crippen LogP contribution in [0.15, 0.2) is 60.7 Å². The van der Waals surface area contributed by atoms with Gasteiger partial charge in [-0.25, -0.2) is 19.4 Å². The Bertz CT molecular complexity index is 961. The lowest BCUT2D eigenvalue weighted by Crippen LogP contribution is -2.22. The maximum atomic E-state index is 12.0. The average molecular weight is 414 g/mol. The topological polar surface area (TPSA) is 59.1 Å². The Morgan fingerprint density at radius 2 is 1.13 bits per heavy atom. The van der Waals surface area contributed by atoms with E-state index in [1.54, 1.807) is 0 Å². The lowest BCUT2D eigenvalue weighted by atomic mass is 10.1. The van der Waals surface area contributed by atoms with Gasteiger partial charge in [-0.2, -0.15) is 0 Å². The van der Waals surface area contributed by atoms with E-state index in [9.17, 15) is 9.59 Å². The first-order valence-electron chi connectivity index (χ1n) is 10.2. The van der Waals surface area contributed by atoms with Gasteiger partial charge in [-0.15, -0.1) is 0 Å². The third kappa shape index (κ3) is 4.82. The monoisotopic (exact) mass is 414 g/mol. The van der Waals surface area contributed by atoms with Crippen LogP contribution in [-0.2, 0) is 9.47 Å². The molecule has 2 aliphatic rings. The van der Waals surface area contributed by atoms with Gasteiger partial charge in [0, 0.05) is 24.9 Å². The van der Waals surface area contributed by atoms with Crippen molar-refractivity contribution in [3.05, 3.63) is 71.8 Å². The third-order valence-corrected chi connectivity index (χ3v) is 5.12. The third-order valence-electron chi connectivity index (χ3n) is 5.12. The Kier molecular flexibility index (Phi) is 6.40. The molecule has 2 heterocycles. The van der Waals surface area contributed by atoms with Crippen molar-refractivity contribution in [2.75, 3.05) is 13.2 Å². The van der Waals surface area contributed by atoms with Gasteiger partial charge in [-0.1, -0.05) is 72.5 Å². The number of rotatable bonds is 4. The van der Waals surface area contributed by atoms with Gasteiger partial charge in [0.2, 0.25) is 0 Å². The molecule has 2 aromatic rings. The Morgan fingerprint density at radius 1 is 0.710 bits per heavy atom. The minimum atomic E-state index is -0.416. The highest BCUT2D eigenvalue weighted by Crippen LogP contribution is 2.27. The summed E-state index contributed by atoms with van der Waals surface area (Å²) < 4.78 is 10.3. The molecule has 2 aromatic carbocycles. The second-order valence-electron chi connectivity index (χ2n) is 7.18. The zero-order valence-electron chi connectivity index (χ0n) is 17.0. The van der Waals surface area contributed by atoms with Crippen LogP contribution in [0.2, 0.25) is 0 Å². The molecule has 2 atom stereocenters. The van der Waals surface area contributed by atoms with Gasteiger partial charge >= 0.3 is 12.2 Å². The lowest BCUT2D eigenvalue weighted by molar-refractivity contribution is 0.166. The first-order valence-corrected chi connectivity index (χ1v) is 10.2. The number of amides is 2. The van der Waals surface area contributed by atoms with Crippen molar-refractivity contribution >= 4 is 12.2 Å². The minimum absolute atomic E-state index is 0.183. The molecular weight excluding hydrogens is 392 g/mol. The van der Waals surface area contributed by atoms with E-state index in [0.29, 0.717) is 26.1 Å². The van der Waals surface area contributed by atoms with E-state index in [2.05, 4.69) is 23.9 Å². The SMILES string of the molecule is O=C1OC[C@@H](c2ccccc2)N1C#CCCCC#CN1C(=O)OC[C@H]1c1ccccc1. The molecule has 2 saturated heterocycles. The largest absolute Gasteiger partial charge is 0.446 e. The van der Waals surface area contributed by atoms with Gasteiger partial charge in [0.05, 0.1) is 0 Å². The van der Waals surface area contributed by atoms with Crippen molar-refractivity contribution in [1.29, 1.82) is 0 Å². The summed E-state index contributed by atoms with van der Waals surface area (Å²) >= 11 is 0. The molecule has 4 rings (SSSR count). The number of hydrogen-bond acceptors (Lipinski definition) is 4. The molecule has 6 heteroatoms. The van der Waals surface area contributed by atoms with E-state index in [0.717, 1.165) is 17.5 Å². The number of hydrogen-bond donors (Lipinski definition) is 0. The van der Waals surface area contributed by atoms with Crippen molar-refractivity contribution in [2.45, 2.75) is 31.3 Å². The molecule has 2 aliphatic heterocycles. The summed E-state index contributed by atoms with van der Waals surface area (Å²) in [6, 6.07) is 24.9. The van der Waals surface area contributed by atoms with Gasteiger partial charge in [0.15, 0.2) is 0 Å². The molecule has 31 heavy (non-hydrogen) atoms. The lowest BCUT2D eigenvalue weighted by Gasteiger charge is -2.14. The standard InChI is InChI=1S/C25H22N2O4/c28-24-26(22(18-30-24)20-12-6-4-7-13-20)16-10-2-1-3-11-17-27-23(19-31-25(27)29)21-14-8-5-9-15-21/h4-9,12-15,22-23H,1-3,18-19H2/t22-,23-/m0/s1. The summed E-state index contributed by atoms with van der Waals surface area (Å²) in [5, 5.41) is 0. The zero-order chi connectivity index (χ0) is 21.5. The van der Waals surface area contributed by atoms with Crippen LogP contribution in [0.4, 0.5) is 9.59 Å². The summed E-state index contributed by atoms with van der Waals surface area (Å²) in [5.41, 5.74) is 2.00. The first-order chi connectivity index (χ1) is 15.2. The molecule has 2 amide bonds. The normalized spacial score (nSPS) is 19.7. The van der Waals surface area contributed by atoms with E-state index in [1.165, 1.54) is 9.80 Å². The van der Waals surface area contributed by atoms with E-state index >= 15 is 0 Å². The van der Waals surface area contributed by atoms with E-state index < -0.39 is 12.2 Å². The van der Waals surface area contributed by atoms with E-state index in [1.807, 2.05) is 60.7 Å². The summed E-state index contributed by atoms with van der Waals surface area (Å²) in [6.45, 7) is 0.606. The van der Waals surface area contributed by atoms with Crippen LogP contribution in [-0.4, -0.2) is 35.2 Å². The maximum absolute atomic E-state index is 12.0. The number of cyclic esters (lactones) is 2. The maximum Gasteiger partial charge on any atom is 0.422 e. The summed E-state index contributed by atoms with van der Waals surface area (Å²) in [7, 11) is 0. The number of nitrogens with zero attached hydrogens (tertiary/aromatic N) is 2. The quantitative estimate of drug-likeness (QED) is 0.547. The van der Waals surface area contributed by atoms with Crippen LogP contribution in [0.25, 0.3) is 0 Å². The Hall–Kier alpha value is -3.90. The second-order valence-corrected chi connectivity index (χ2v) is 7.18. The number of ether oxygens (including phenoxy) is 2. The average Bonchev–Trinajstić information content (AvgIpc) is 3.36. The van der Waals surface area contributed by atoms with Gasteiger partial charge in [0.25, 0.3) is 0 Å². The zero-order valence-corrected chi connectivity index (χ0v) is 17.0. The molecule has 0 spiro atoms. The number of unbranched alkanes of at least 4 members (excludes halogenated alkanes) is 2. The van der Waals surface area contributed by atoms with Crippen LogP contribution in [0.1, 0.15) is 42.5 Å². The fourth-order valence-corrected chi connectivity index (χ4v) is 3.48. The summed E-state index contributed by atoms with van der Waals surface area (Å²) in [4.78, 5) is 26.9. The summed E-state index contributed by atoms with van der Waals surface area (Å²) in [5.74, 6) is 6.06. The van der Waals surface area contributed by atoms with Crippen molar-refractivity contribution < 1.29 is 19.1 Å². The number of carbonyl (C=O) groups excluding carboxylic acids is 2. The van der Waals surface area contributed by atoms with Crippen molar-refractivity contribution in [3.63, 3.8) is 0 Å². The van der Waals surface area contributed by atoms with Crippen molar-refractivity contribution in [1.82, 2.24) is 9.80 Å². The molecule has 0 saturated carbocycles.